The molecule has 1 aliphatic heterocycles. The van der Waals surface area contributed by atoms with Gasteiger partial charge in [0.25, 0.3) is 0 Å². The number of ketones is 1. The first-order valence-electron chi connectivity index (χ1n) is 10.9. The van der Waals surface area contributed by atoms with E-state index in [1.165, 1.54) is 18.7 Å². The Balaban J connectivity index is 1.87. The normalized spacial score (nSPS) is 19.8. The fraction of sp³-hybridized carbons (Fsp3) is 0.400. The minimum atomic E-state index is -1.21. The van der Waals surface area contributed by atoms with Gasteiger partial charge in [0.1, 0.15) is 18.2 Å². The van der Waals surface area contributed by atoms with Crippen LogP contribution in [0, 0.1) is 0 Å². The maximum Gasteiger partial charge on any atom is 0.411 e. The standard InChI is InChI=1S/C25H30N2O5/c1-18(28)22(19(2)29)26-23(30)25(16-20-10-5-3-6-11-20)14-9-15-27(25)24(31)32-17-21-12-7-4-8-13-21/h3-8,10-13,18,22,28H,9,14-17H2,1-2H3,(H,26,30)/t18-,22+,25+/m1/s1. The van der Waals surface area contributed by atoms with E-state index in [0.717, 1.165) is 11.1 Å². The second-order valence-electron chi connectivity index (χ2n) is 8.29. The van der Waals surface area contributed by atoms with E-state index in [1.54, 1.807) is 0 Å². The second kappa shape index (κ2) is 10.4. The van der Waals surface area contributed by atoms with Gasteiger partial charge in [-0.15, -0.1) is 0 Å². The molecule has 0 radical (unpaired) electrons. The molecule has 3 rings (SSSR count). The minimum Gasteiger partial charge on any atom is -0.445 e. The lowest BCUT2D eigenvalue weighted by Crippen LogP contribution is -2.62. The van der Waals surface area contributed by atoms with Crippen molar-refractivity contribution >= 4 is 17.8 Å². The van der Waals surface area contributed by atoms with Gasteiger partial charge in [0.15, 0.2) is 5.78 Å². The van der Waals surface area contributed by atoms with Crippen molar-refractivity contribution in [1.29, 1.82) is 0 Å². The Morgan fingerprint density at radius 3 is 2.22 bits per heavy atom. The number of hydrogen-bond donors (Lipinski definition) is 2. The molecule has 2 amide bonds. The van der Waals surface area contributed by atoms with Gasteiger partial charge in [0.05, 0.1) is 6.10 Å². The molecule has 0 aliphatic carbocycles. The third kappa shape index (κ3) is 5.34. The fourth-order valence-electron chi connectivity index (χ4n) is 4.21. The molecule has 32 heavy (non-hydrogen) atoms. The minimum absolute atomic E-state index is 0.100. The fourth-order valence-corrected chi connectivity index (χ4v) is 4.21. The van der Waals surface area contributed by atoms with Gasteiger partial charge < -0.3 is 15.2 Å². The predicted molar refractivity (Wildman–Crippen MR) is 120 cm³/mol. The van der Waals surface area contributed by atoms with Gasteiger partial charge in [-0.2, -0.15) is 0 Å². The number of rotatable bonds is 8. The first-order chi connectivity index (χ1) is 15.3. The molecule has 7 nitrogen and oxygen atoms in total. The molecule has 170 valence electrons. The highest BCUT2D eigenvalue weighted by Crippen LogP contribution is 2.34. The van der Waals surface area contributed by atoms with E-state index in [4.69, 9.17) is 4.74 Å². The Labute approximate surface area is 188 Å². The second-order valence-corrected chi connectivity index (χ2v) is 8.29. The molecule has 0 spiro atoms. The lowest BCUT2D eigenvalue weighted by Gasteiger charge is -2.38. The first kappa shape index (κ1) is 23.5. The Hall–Kier alpha value is -3.19. The van der Waals surface area contributed by atoms with Crippen LogP contribution < -0.4 is 5.32 Å². The van der Waals surface area contributed by atoms with Crippen molar-refractivity contribution < 1.29 is 24.2 Å². The molecule has 2 aromatic carbocycles. The number of carbonyl (C=O) groups excluding carboxylic acids is 3. The topological polar surface area (TPSA) is 95.9 Å². The van der Waals surface area contributed by atoms with E-state index >= 15 is 0 Å². The van der Waals surface area contributed by atoms with Gasteiger partial charge in [-0.3, -0.25) is 14.5 Å². The van der Waals surface area contributed by atoms with Crippen LogP contribution in [0.15, 0.2) is 60.7 Å². The van der Waals surface area contributed by atoms with Crippen molar-refractivity contribution in [2.24, 2.45) is 0 Å². The molecule has 0 aromatic heterocycles. The number of benzene rings is 2. The summed E-state index contributed by atoms with van der Waals surface area (Å²) in [6, 6.07) is 17.7. The number of aliphatic hydroxyl groups excluding tert-OH is 1. The average Bonchev–Trinajstić information content (AvgIpc) is 3.21. The number of ether oxygens (including phenoxy) is 1. The van der Waals surface area contributed by atoms with Crippen molar-refractivity contribution in [3.63, 3.8) is 0 Å². The molecule has 2 N–H and O–H groups in total. The number of amides is 2. The smallest absolute Gasteiger partial charge is 0.411 e. The zero-order valence-corrected chi connectivity index (χ0v) is 18.5. The molecule has 1 aliphatic rings. The van der Waals surface area contributed by atoms with Crippen molar-refractivity contribution in [3.05, 3.63) is 71.8 Å². The van der Waals surface area contributed by atoms with Crippen LogP contribution in [-0.2, 0) is 27.4 Å². The molecule has 1 heterocycles. The summed E-state index contributed by atoms with van der Waals surface area (Å²) in [6.45, 7) is 3.25. The predicted octanol–water partition coefficient (Wildman–Crippen LogP) is 2.86. The molecule has 2 aromatic rings. The number of likely N-dealkylation sites (tertiary alicyclic amines) is 1. The quantitative estimate of drug-likeness (QED) is 0.661. The van der Waals surface area contributed by atoms with Crippen molar-refractivity contribution in [2.75, 3.05) is 6.54 Å². The molecular formula is C25H30N2O5. The van der Waals surface area contributed by atoms with E-state index < -0.39 is 29.7 Å². The third-order valence-electron chi connectivity index (χ3n) is 5.88. The van der Waals surface area contributed by atoms with Crippen LogP contribution in [0.2, 0.25) is 0 Å². The van der Waals surface area contributed by atoms with Crippen LogP contribution in [0.5, 0.6) is 0 Å². The number of nitrogens with zero attached hydrogens (tertiary/aromatic N) is 1. The van der Waals surface area contributed by atoms with Gasteiger partial charge in [-0.25, -0.2) is 4.79 Å². The number of carbonyl (C=O) groups is 3. The van der Waals surface area contributed by atoms with Gasteiger partial charge in [0, 0.05) is 13.0 Å². The Morgan fingerprint density at radius 1 is 1.06 bits per heavy atom. The van der Waals surface area contributed by atoms with Crippen LogP contribution in [0.4, 0.5) is 4.79 Å². The molecule has 0 saturated carbocycles. The molecule has 1 saturated heterocycles. The Morgan fingerprint density at radius 2 is 1.66 bits per heavy atom. The molecule has 7 heteroatoms. The molecule has 0 unspecified atom stereocenters. The van der Waals surface area contributed by atoms with E-state index in [2.05, 4.69) is 5.32 Å². The summed E-state index contributed by atoms with van der Waals surface area (Å²) < 4.78 is 5.55. The van der Waals surface area contributed by atoms with E-state index in [-0.39, 0.29) is 18.8 Å². The van der Waals surface area contributed by atoms with Crippen LogP contribution in [0.3, 0.4) is 0 Å². The first-order valence-corrected chi connectivity index (χ1v) is 10.9. The molecular weight excluding hydrogens is 408 g/mol. The summed E-state index contributed by atoms with van der Waals surface area (Å²) in [5.74, 6) is -0.809. The van der Waals surface area contributed by atoms with E-state index in [1.807, 2.05) is 60.7 Å². The van der Waals surface area contributed by atoms with Crippen molar-refractivity contribution in [3.8, 4) is 0 Å². The SMILES string of the molecule is CC(=O)[C@@H](NC(=O)[C@@]1(Cc2ccccc2)CCCN1C(=O)OCc1ccccc1)[C@@H](C)O. The van der Waals surface area contributed by atoms with E-state index in [0.29, 0.717) is 19.4 Å². The van der Waals surface area contributed by atoms with Crippen LogP contribution in [-0.4, -0.2) is 52.0 Å². The zero-order valence-electron chi connectivity index (χ0n) is 18.5. The largest absolute Gasteiger partial charge is 0.445 e. The summed E-state index contributed by atoms with van der Waals surface area (Å²) >= 11 is 0. The monoisotopic (exact) mass is 438 g/mol. The molecule has 1 fully saturated rings. The molecule has 3 atom stereocenters. The highest BCUT2D eigenvalue weighted by Gasteiger charge is 2.51. The number of hydrogen-bond acceptors (Lipinski definition) is 5. The summed E-state index contributed by atoms with van der Waals surface area (Å²) in [6.07, 6.45) is -0.289. The van der Waals surface area contributed by atoms with Gasteiger partial charge in [-0.1, -0.05) is 60.7 Å². The highest BCUT2D eigenvalue weighted by atomic mass is 16.6. The van der Waals surface area contributed by atoms with Gasteiger partial charge in [0.2, 0.25) is 5.91 Å². The zero-order chi connectivity index (χ0) is 23.1. The maximum absolute atomic E-state index is 13.6. The Kier molecular flexibility index (Phi) is 7.64. The average molecular weight is 439 g/mol. The number of nitrogens with one attached hydrogen (secondary N) is 1. The summed E-state index contributed by atoms with van der Waals surface area (Å²) in [7, 11) is 0. The van der Waals surface area contributed by atoms with Crippen LogP contribution >= 0.6 is 0 Å². The van der Waals surface area contributed by atoms with Crippen molar-refractivity contribution in [1.82, 2.24) is 10.2 Å². The van der Waals surface area contributed by atoms with E-state index in [9.17, 15) is 19.5 Å². The lowest BCUT2D eigenvalue weighted by molar-refractivity contribution is -0.136. The van der Waals surface area contributed by atoms with Crippen LogP contribution in [0.1, 0.15) is 37.8 Å². The summed E-state index contributed by atoms with van der Waals surface area (Å²) in [5, 5.41) is 12.7. The van der Waals surface area contributed by atoms with Crippen LogP contribution in [0.25, 0.3) is 0 Å². The van der Waals surface area contributed by atoms with Crippen molar-refractivity contribution in [2.45, 2.75) is 57.4 Å². The Bertz CT molecular complexity index is 932. The third-order valence-corrected chi connectivity index (χ3v) is 5.88. The maximum atomic E-state index is 13.6. The molecule has 0 bridgehead atoms. The summed E-state index contributed by atoms with van der Waals surface area (Å²) in [5.41, 5.74) is 0.531. The van der Waals surface area contributed by atoms with Gasteiger partial charge in [-0.05, 0) is 37.8 Å². The summed E-state index contributed by atoms with van der Waals surface area (Å²) in [4.78, 5) is 40.1. The number of aliphatic hydroxyl groups is 1. The highest BCUT2D eigenvalue weighted by molar-refractivity contribution is 5.95. The number of Topliss-reactive ketones (excluding diaryl/α,β-unsaturated/α-hetero) is 1. The van der Waals surface area contributed by atoms with Gasteiger partial charge >= 0.3 is 6.09 Å². The lowest BCUT2D eigenvalue weighted by atomic mass is 9.86.